The lowest BCUT2D eigenvalue weighted by Gasteiger charge is -2.36. The lowest BCUT2D eigenvalue weighted by Crippen LogP contribution is -2.45. The molecule has 9 heteroatoms. The Labute approximate surface area is 166 Å². The zero-order chi connectivity index (χ0) is 16.9. The van der Waals surface area contributed by atoms with Crippen LogP contribution in [0.3, 0.4) is 0 Å². The molecule has 0 aromatic heterocycles. The Morgan fingerprint density at radius 2 is 1.92 bits per heavy atom. The number of ether oxygens (including phenoxy) is 1. The Balaban J connectivity index is 0.00000288. The van der Waals surface area contributed by atoms with Gasteiger partial charge in [0.2, 0.25) is 0 Å². The molecule has 0 aliphatic carbocycles. The van der Waals surface area contributed by atoms with E-state index in [2.05, 4.69) is 37.5 Å². The second kappa shape index (κ2) is 11.3. The van der Waals surface area contributed by atoms with Crippen LogP contribution in [0.1, 0.15) is 24.4 Å². The summed E-state index contributed by atoms with van der Waals surface area (Å²) in [5.74, 6) is -0.131. The number of allylic oxidation sites excluding steroid dienone is 1. The lowest BCUT2D eigenvalue weighted by molar-refractivity contribution is -0.275. The van der Waals surface area contributed by atoms with Crippen LogP contribution >= 0.6 is 40.7 Å². The summed E-state index contributed by atoms with van der Waals surface area (Å²) in [6, 6.07) is 4.52. The molecule has 1 atom stereocenters. The topological polar surface area (TPSA) is 24.5 Å². The van der Waals surface area contributed by atoms with Crippen molar-refractivity contribution in [2.75, 3.05) is 26.2 Å². The Morgan fingerprint density at radius 3 is 2.48 bits per heavy atom. The van der Waals surface area contributed by atoms with Crippen LogP contribution in [0.4, 0.5) is 13.2 Å². The van der Waals surface area contributed by atoms with Gasteiger partial charge in [0.05, 0.1) is 0 Å². The Bertz CT molecular complexity index is 541. The SMILES string of the molecule is C=CCC[C@@H](c1cc(Br)ccc1OC(F)(F)F)N1CCNCC1.Cl.Cl. The third-order valence-corrected chi connectivity index (χ3v) is 4.29. The van der Waals surface area contributed by atoms with Gasteiger partial charge in [0.15, 0.2) is 0 Å². The second-order valence-electron chi connectivity index (χ2n) is 5.40. The molecule has 3 nitrogen and oxygen atoms in total. The van der Waals surface area contributed by atoms with E-state index in [1.807, 2.05) is 0 Å². The molecule has 1 saturated heterocycles. The molecule has 0 spiro atoms. The van der Waals surface area contributed by atoms with Crippen LogP contribution in [0.2, 0.25) is 0 Å². The zero-order valence-corrected chi connectivity index (χ0v) is 16.7. The molecule has 1 aromatic carbocycles. The van der Waals surface area contributed by atoms with Crippen molar-refractivity contribution in [3.63, 3.8) is 0 Å². The maximum absolute atomic E-state index is 12.7. The van der Waals surface area contributed by atoms with E-state index in [0.29, 0.717) is 12.0 Å². The predicted molar refractivity (Wildman–Crippen MR) is 102 cm³/mol. The molecule has 1 N–H and O–H groups in total. The normalized spacial score (nSPS) is 16.3. The second-order valence-corrected chi connectivity index (χ2v) is 6.31. The number of benzene rings is 1. The van der Waals surface area contributed by atoms with E-state index >= 15 is 0 Å². The minimum atomic E-state index is -4.70. The first-order valence-electron chi connectivity index (χ1n) is 7.51. The summed E-state index contributed by atoms with van der Waals surface area (Å²) in [6.07, 6.45) is -1.48. The molecule has 25 heavy (non-hydrogen) atoms. The highest BCUT2D eigenvalue weighted by Crippen LogP contribution is 2.37. The van der Waals surface area contributed by atoms with E-state index in [1.54, 1.807) is 18.2 Å². The molecule has 0 amide bonds. The molecule has 1 aliphatic rings. The molecule has 1 heterocycles. The highest BCUT2D eigenvalue weighted by molar-refractivity contribution is 9.10. The quantitative estimate of drug-likeness (QED) is 0.591. The Morgan fingerprint density at radius 1 is 1.28 bits per heavy atom. The van der Waals surface area contributed by atoms with Gasteiger partial charge in [-0.2, -0.15) is 0 Å². The Hall–Kier alpha value is -0.470. The molecule has 1 fully saturated rings. The monoisotopic (exact) mass is 464 g/mol. The number of hydrogen-bond donors (Lipinski definition) is 1. The average molecular weight is 466 g/mol. The lowest BCUT2D eigenvalue weighted by atomic mass is 9.98. The van der Waals surface area contributed by atoms with Crippen LogP contribution in [-0.2, 0) is 0 Å². The minimum absolute atomic E-state index is 0. The van der Waals surface area contributed by atoms with Gasteiger partial charge in [-0.25, -0.2) is 0 Å². The molecular weight excluding hydrogens is 444 g/mol. The number of hydrogen-bond acceptors (Lipinski definition) is 3. The maximum atomic E-state index is 12.7. The van der Waals surface area contributed by atoms with Crippen LogP contribution in [-0.4, -0.2) is 37.4 Å². The van der Waals surface area contributed by atoms with Gasteiger partial charge in [0.25, 0.3) is 0 Å². The minimum Gasteiger partial charge on any atom is -0.405 e. The van der Waals surface area contributed by atoms with Crippen LogP contribution in [0, 0.1) is 0 Å². The third-order valence-electron chi connectivity index (χ3n) is 3.79. The summed E-state index contributed by atoms with van der Waals surface area (Å²) < 4.78 is 43.1. The number of alkyl halides is 3. The van der Waals surface area contributed by atoms with Gasteiger partial charge >= 0.3 is 6.36 Å². The maximum Gasteiger partial charge on any atom is 0.573 e. The summed E-state index contributed by atoms with van der Waals surface area (Å²) >= 11 is 3.35. The van der Waals surface area contributed by atoms with Gasteiger partial charge in [-0.1, -0.05) is 22.0 Å². The first kappa shape index (κ1) is 24.5. The highest BCUT2D eigenvalue weighted by Gasteiger charge is 2.34. The number of rotatable bonds is 6. The molecule has 0 radical (unpaired) electrons. The third kappa shape index (κ3) is 7.74. The molecule has 0 unspecified atom stereocenters. The van der Waals surface area contributed by atoms with Gasteiger partial charge in [-0.05, 0) is 31.0 Å². The fraction of sp³-hybridized carbons (Fsp3) is 0.500. The molecule has 2 rings (SSSR count). The van der Waals surface area contributed by atoms with Crippen molar-refractivity contribution >= 4 is 40.7 Å². The number of nitrogens with one attached hydrogen (secondary N) is 1. The number of halogens is 6. The van der Waals surface area contributed by atoms with Crippen LogP contribution in [0.5, 0.6) is 5.75 Å². The van der Waals surface area contributed by atoms with E-state index < -0.39 is 6.36 Å². The first-order valence-corrected chi connectivity index (χ1v) is 8.31. The van der Waals surface area contributed by atoms with Crippen molar-refractivity contribution in [1.29, 1.82) is 0 Å². The Kier molecular flexibility index (Phi) is 11.1. The summed E-state index contributed by atoms with van der Waals surface area (Å²) in [5, 5.41) is 3.26. The fourth-order valence-electron chi connectivity index (χ4n) is 2.80. The summed E-state index contributed by atoms with van der Waals surface area (Å²) in [5.41, 5.74) is 0.556. The summed E-state index contributed by atoms with van der Waals surface area (Å²) in [7, 11) is 0. The van der Waals surface area contributed by atoms with Crippen molar-refractivity contribution in [1.82, 2.24) is 10.2 Å². The zero-order valence-electron chi connectivity index (χ0n) is 13.5. The first-order chi connectivity index (χ1) is 10.9. The van der Waals surface area contributed by atoms with Gasteiger partial charge in [-0.3, -0.25) is 4.90 Å². The highest BCUT2D eigenvalue weighted by atomic mass is 79.9. The van der Waals surface area contributed by atoms with E-state index in [0.717, 1.165) is 37.1 Å². The predicted octanol–water partition coefficient (Wildman–Crippen LogP) is 5.10. The van der Waals surface area contributed by atoms with Gasteiger partial charge in [-0.15, -0.1) is 44.6 Å². The largest absolute Gasteiger partial charge is 0.573 e. The van der Waals surface area contributed by atoms with Gasteiger partial charge in [0, 0.05) is 42.3 Å². The number of piperazine rings is 1. The van der Waals surface area contributed by atoms with Crippen molar-refractivity contribution in [3.8, 4) is 5.75 Å². The van der Waals surface area contributed by atoms with Gasteiger partial charge < -0.3 is 10.1 Å². The van der Waals surface area contributed by atoms with Crippen molar-refractivity contribution in [2.24, 2.45) is 0 Å². The smallest absolute Gasteiger partial charge is 0.405 e. The molecule has 1 aromatic rings. The van der Waals surface area contributed by atoms with Crippen LogP contribution in [0.15, 0.2) is 35.3 Å². The fourth-order valence-corrected chi connectivity index (χ4v) is 3.18. The molecule has 1 aliphatic heterocycles. The van der Waals surface area contributed by atoms with E-state index in [1.165, 1.54) is 6.07 Å². The molecule has 0 saturated carbocycles. The number of nitrogens with zero attached hydrogens (tertiary/aromatic N) is 1. The summed E-state index contributed by atoms with van der Waals surface area (Å²) in [4.78, 5) is 2.20. The van der Waals surface area contributed by atoms with E-state index in [9.17, 15) is 13.2 Å². The van der Waals surface area contributed by atoms with Crippen molar-refractivity contribution < 1.29 is 17.9 Å². The molecule has 0 bridgehead atoms. The average Bonchev–Trinajstić information content (AvgIpc) is 2.50. The van der Waals surface area contributed by atoms with Crippen molar-refractivity contribution in [2.45, 2.75) is 25.2 Å². The molecular formula is C16H22BrCl2F3N2O. The van der Waals surface area contributed by atoms with E-state index in [-0.39, 0.29) is 36.6 Å². The van der Waals surface area contributed by atoms with Crippen LogP contribution < -0.4 is 10.1 Å². The summed E-state index contributed by atoms with van der Waals surface area (Å²) in [6.45, 7) is 6.96. The van der Waals surface area contributed by atoms with Crippen LogP contribution in [0.25, 0.3) is 0 Å². The standard InChI is InChI=1S/C16H20BrF3N2O.2ClH/c1-2-3-4-14(22-9-7-21-8-10-22)13-11-12(17)5-6-15(13)23-16(18,19)20;;/h2,5-6,11,14,21H,1,3-4,7-10H2;2*1H/t14-;;/m0../s1. The van der Waals surface area contributed by atoms with E-state index in [4.69, 9.17) is 0 Å². The van der Waals surface area contributed by atoms with Gasteiger partial charge in [0.1, 0.15) is 5.75 Å². The molecule has 144 valence electrons. The van der Waals surface area contributed by atoms with Crippen molar-refractivity contribution in [3.05, 3.63) is 40.9 Å².